The zero-order valence-corrected chi connectivity index (χ0v) is 9.02. The molecule has 0 amide bonds. The summed E-state index contributed by atoms with van der Waals surface area (Å²) in [5.41, 5.74) is 0. The molecule has 0 radical (unpaired) electrons. The molecule has 0 aliphatic rings. The van der Waals surface area contributed by atoms with Crippen LogP contribution in [-0.4, -0.2) is 21.4 Å². The number of aliphatic carboxylic acids is 1. The molecule has 0 saturated heterocycles. The molecule has 12 heavy (non-hydrogen) atoms. The van der Waals surface area contributed by atoms with Gasteiger partial charge in [0.2, 0.25) is 0 Å². The summed E-state index contributed by atoms with van der Waals surface area (Å²) >= 11 is 0. The van der Waals surface area contributed by atoms with Gasteiger partial charge in [0.25, 0.3) is 0 Å². The molecule has 0 unspecified atom stereocenters. The standard InChI is InChI=1S/C4H4N2.C2H4O2.Na.H2O/c1-2-5-4-6-3-1;1-2(3)4;;/h1-4H;1H3,(H,3,4);;1H2/q;;+1;/p-1. The van der Waals surface area contributed by atoms with Gasteiger partial charge in [-0.05, 0) is 13.0 Å². The van der Waals surface area contributed by atoms with Crippen LogP contribution in [0.5, 0.6) is 0 Å². The fourth-order valence-electron chi connectivity index (χ4n) is 0.253. The second kappa shape index (κ2) is 13.1. The van der Waals surface area contributed by atoms with E-state index < -0.39 is 5.97 Å². The Morgan fingerprint density at radius 2 is 1.67 bits per heavy atom. The zero-order valence-electron chi connectivity index (χ0n) is 7.02. The molecule has 0 aliphatic heterocycles. The van der Waals surface area contributed by atoms with Crippen molar-refractivity contribution in [2.24, 2.45) is 0 Å². The number of rotatable bonds is 0. The van der Waals surface area contributed by atoms with Crippen molar-refractivity contribution < 1.29 is 44.9 Å². The summed E-state index contributed by atoms with van der Waals surface area (Å²) in [4.78, 5) is 16.2. The van der Waals surface area contributed by atoms with Gasteiger partial charge in [0, 0.05) is 18.4 Å². The van der Waals surface area contributed by atoms with Crippen LogP contribution in [0.3, 0.4) is 0 Å². The summed E-state index contributed by atoms with van der Waals surface area (Å²) in [6, 6.07) is 1.78. The number of hydrogen-bond acceptors (Lipinski definition) is 4. The van der Waals surface area contributed by atoms with Crippen LogP contribution in [0.2, 0.25) is 0 Å². The van der Waals surface area contributed by atoms with Crippen molar-refractivity contribution in [3.8, 4) is 0 Å². The fraction of sp³-hybridized carbons (Fsp3) is 0.167. The maximum absolute atomic E-state index is 8.89. The van der Waals surface area contributed by atoms with Gasteiger partial charge in [-0.15, -0.1) is 0 Å². The van der Waals surface area contributed by atoms with E-state index in [1.54, 1.807) is 18.5 Å². The van der Waals surface area contributed by atoms with Crippen LogP contribution in [0.1, 0.15) is 6.92 Å². The van der Waals surface area contributed by atoms with E-state index in [9.17, 15) is 0 Å². The first-order valence-corrected chi connectivity index (χ1v) is 2.61. The van der Waals surface area contributed by atoms with Crippen LogP contribution in [0, 0.1) is 0 Å². The Hall–Kier alpha value is -0.490. The largest absolute Gasteiger partial charge is 1.00 e. The zero-order chi connectivity index (χ0) is 7.82. The van der Waals surface area contributed by atoms with Gasteiger partial charge in [0.05, 0.1) is 0 Å². The van der Waals surface area contributed by atoms with Gasteiger partial charge in [0.15, 0.2) is 0 Å². The van der Waals surface area contributed by atoms with Crippen LogP contribution in [0.15, 0.2) is 24.8 Å². The first kappa shape index (κ1) is 17.6. The molecule has 0 saturated carbocycles. The predicted octanol–water partition coefficient (Wildman–Crippen LogP) is -4.59. The smallest absolute Gasteiger partial charge is 0.550 e. The summed E-state index contributed by atoms with van der Waals surface area (Å²) in [6.07, 6.45) is 4.88. The van der Waals surface area contributed by atoms with Gasteiger partial charge < -0.3 is 15.4 Å². The second-order valence-electron chi connectivity index (χ2n) is 1.40. The molecule has 0 fully saturated rings. The van der Waals surface area contributed by atoms with Crippen molar-refractivity contribution in [2.75, 3.05) is 0 Å². The van der Waals surface area contributed by atoms with Crippen LogP contribution < -0.4 is 34.7 Å². The molecular weight excluding hydrogens is 171 g/mol. The van der Waals surface area contributed by atoms with Crippen LogP contribution in [0.4, 0.5) is 0 Å². The normalized spacial score (nSPS) is 6.08. The third-order valence-corrected chi connectivity index (χ3v) is 0.478. The minimum Gasteiger partial charge on any atom is -0.550 e. The second-order valence-corrected chi connectivity index (χ2v) is 1.40. The van der Waals surface area contributed by atoms with Gasteiger partial charge in [0.1, 0.15) is 6.33 Å². The molecule has 1 rings (SSSR count). The summed E-state index contributed by atoms with van der Waals surface area (Å²) in [6.45, 7) is 0.972. The van der Waals surface area contributed by atoms with Crippen LogP contribution in [0.25, 0.3) is 0 Å². The maximum Gasteiger partial charge on any atom is 1.00 e. The monoisotopic (exact) mass is 180 g/mol. The summed E-state index contributed by atoms with van der Waals surface area (Å²) in [7, 11) is 0. The Morgan fingerprint density at radius 1 is 1.33 bits per heavy atom. The molecule has 5 nitrogen and oxygen atoms in total. The molecule has 6 heteroatoms. The summed E-state index contributed by atoms with van der Waals surface area (Å²) < 4.78 is 0. The molecule has 1 aromatic rings. The Morgan fingerprint density at radius 3 is 1.75 bits per heavy atom. The molecule has 1 aromatic heterocycles. The van der Waals surface area contributed by atoms with Gasteiger partial charge in [-0.25, -0.2) is 9.97 Å². The molecule has 0 aliphatic carbocycles. The molecule has 0 bridgehead atoms. The minimum atomic E-state index is -1.08. The number of carboxylic acid groups (broad SMARTS) is 1. The third-order valence-electron chi connectivity index (χ3n) is 0.478. The van der Waals surface area contributed by atoms with Crippen molar-refractivity contribution in [1.82, 2.24) is 9.97 Å². The van der Waals surface area contributed by atoms with Crippen LogP contribution in [-0.2, 0) is 4.79 Å². The SMILES string of the molecule is CC(=O)[O-].O.[Na+].c1cncnc1. The fourth-order valence-corrected chi connectivity index (χ4v) is 0.253. The van der Waals surface area contributed by atoms with E-state index in [1.165, 1.54) is 6.33 Å². The number of carboxylic acids is 1. The number of aromatic nitrogens is 2. The molecule has 62 valence electrons. The molecule has 2 N–H and O–H groups in total. The van der Waals surface area contributed by atoms with Crippen LogP contribution >= 0.6 is 0 Å². The van der Waals surface area contributed by atoms with Crippen molar-refractivity contribution in [1.29, 1.82) is 0 Å². The predicted molar refractivity (Wildman–Crippen MR) is 36.3 cm³/mol. The quantitative estimate of drug-likeness (QED) is 0.375. The Labute approximate surface area is 92.5 Å². The maximum atomic E-state index is 8.89. The Bertz CT molecular complexity index is 153. The molecule has 1 heterocycles. The molecule has 0 atom stereocenters. The average molecular weight is 180 g/mol. The van der Waals surface area contributed by atoms with Gasteiger partial charge >= 0.3 is 29.6 Å². The van der Waals surface area contributed by atoms with Crippen molar-refractivity contribution in [2.45, 2.75) is 6.92 Å². The minimum absolute atomic E-state index is 0. The number of carbonyl (C=O) groups excluding carboxylic acids is 1. The van der Waals surface area contributed by atoms with E-state index in [-0.39, 0.29) is 35.0 Å². The average Bonchev–Trinajstić information content (AvgIpc) is 1.90. The van der Waals surface area contributed by atoms with Gasteiger partial charge in [-0.1, -0.05) is 0 Å². The Kier molecular flexibility index (Phi) is 19.2. The first-order valence-electron chi connectivity index (χ1n) is 2.61. The van der Waals surface area contributed by atoms with E-state index in [4.69, 9.17) is 9.90 Å². The van der Waals surface area contributed by atoms with Gasteiger partial charge in [-0.3, -0.25) is 0 Å². The number of carbonyl (C=O) groups is 1. The number of hydrogen-bond donors (Lipinski definition) is 0. The molecular formula is C6H9N2NaO3. The summed E-state index contributed by atoms with van der Waals surface area (Å²) in [5, 5.41) is 8.89. The topological polar surface area (TPSA) is 97.4 Å². The Balaban J connectivity index is -0.000000124. The van der Waals surface area contributed by atoms with E-state index >= 15 is 0 Å². The molecule has 0 aromatic carbocycles. The third kappa shape index (κ3) is 22.7. The van der Waals surface area contributed by atoms with E-state index in [1.807, 2.05) is 0 Å². The summed E-state index contributed by atoms with van der Waals surface area (Å²) in [5.74, 6) is -1.08. The van der Waals surface area contributed by atoms with Crippen molar-refractivity contribution in [3.63, 3.8) is 0 Å². The number of nitrogens with zero attached hydrogens (tertiary/aromatic N) is 2. The van der Waals surface area contributed by atoms with Crippen molar-refractivity contribution in [3.05, 3.63) is 24.8 Å². The van der Waals surface area contributed by atoms with E-state index in [0.717, 1.165) is 6.92 Å². The molecule has 0 spiro atoms. The first-order chi connectivity index (χ1) is 4.73. The van der Waals surface area contributed by atoms with Gasteiger partial charge in [-0.2, -0.15) is 0 Å². The van der Waals surface area contributed by atoms with E-state index in [2.05, 4.69) is 9.97 Å². The van der Waals surface area contributed by atoms with Crippen molar-refractivity contribution >= 4 is 5.97 Å². The van der Waals surface area contributed by atoms with E-state index in [0.29, 0.717) is 0 Å².